The van der Waals surface area contributed by atoms with Crippen molar-refractivity contribution in [3.8, 4) is 0 Å². The van der Waals surface area contributed by atoms with Gasteiger partial charge in [-0.3, -0.25) is 9.97 Å². The number of fused-ring (bicyclic) bond motifs is 1. The third-order valence-corrected chi connectivity index (χ3v) is 4.77. The molecule has 4 nitrogen and oxygen atoms in total. The summed E-state index contributed by atoms with van der Waals surface area (Å²) in [7, 11) is 0. The Morgan fingerprint density at radius 2 is 2.05 bits per heavy atom. The molecule has 0 saturated carbocycles. The standard InChI is InChI=1S/C16H22BrN3O/c1-3-16(4-2,6-8-21)11-20-13-5-7-18-14-9-12(17)10-19-15(13)14/h5,7,9-10,21H,3-4,6,8,11H2,1-2H3,(H,18,20). The fourth-order valence-electron chi connectivity index (χ4n) is 2.61. The van der Waals surface area contributed by atoms with E-state index in [-0.39, 0.29) is 12.0 Å². The maximum Gasteiger partial charge on any atom is 0.112 e. The average Bonchev–Trinajstić information content (AvgIpc) is 2.51. The Bertz CT molecular complexity index is 599. The summed E-state index contributed by atoms with van der Waals surface area (Å²) in [5.41, 5.74) is 2.87. The minimum absolute atomic E-state index is 0.125. The van der Waals surface area contributed by atoms with Crippen molar-refractivity contribution in [3.05, 3.63) is 29.0 Å². The maximum absolute atomic E-state index is 9.31. The number of nitrogens with zero attached hydrogens (tertiary/aromatic N) is 2. The Morgan fingerprint density at radius 3 is 2.71 bits per heavy atom. The smallest absolute Gasteiger partial charge is 0.112 e. The number of hydrogen-bond donors (Lipinski definition) is 2. The molecule has 0 saturated heterocycles. The van der Waals surface area contributed by atoms with Gasteiger partial charge in [0.15, 0.2) is 0 Å². The first-order chi connectivity index (χ1) is 10.1. The molecular weight excluding hydrogens is 330 g/mol. The number of pyridine rings is 2. The highest BCUT2D eigenvalue weighted by Gasteiger charge is 2.25. The van der Waals surface area contributed by atoms with E-state index >= 15 is 0 Å². The lowest BCUT2D eigenvalue weighted by Gasteiger charge is -2.31. The van der Waals surface area contributed by atoms with Crippen molar-refractivity contribution in [3.63, 3.8) is 0 Å². The summed E-state index contributed by atoms with van der Waals surface area (Å²) in [4.78, 5) is 8.81. The fourth-order valence-corrected chi connectivity index (χ4v) is 2.93. The highest BCUT2D eigenvalue weighted by Crippen LogP contribution is 2.31. The summed E-state index contributed by atoms with van der Waals surface area (Å²) in [6, 6.07) is 3.92. The molecule has 0 bridgehead atoms. The summed E-state index contributed by atoms with van der Waals surface area (Å²) >= 11 is 3.42. The van der Waals surface area contributed by atoms with Crippen LogP contribution in [0.5, 0.6) is 0 Å². The molecule has 2 aromatic heterocycles. The number of aromatic nitrogens is 2. The predicted molar refractivity (Wildman–Crippen MR) is 90.4 cm³/mol. The second-order valence-corrected chi connectivity index (χ2v) is 6.33. The van der Waals surface area contributed by atoms with E-state index in [9.17, 15) is 5.11 Å². The zero-order valence-corrected chi connectivity index (χ0v) is 14.2. The van der Waals surface area contributed by atoms with Crippen LogP contribution in [0.15, 0.2) is 29.0 Å². The normalized spacial score (nSPS) is 11.8. The first-order valence-corrected chi connectivity index (χ1v) is 8.18. The molecule has 0 radical (unpaired) electrons. The molecule has 0 aliphatic rings. The van der Waals surface area contributed by atoms with Crippen molar-refractivity contribution < 1.29 is 5.11 Å². The van der Waals surface area contributed by atoms with Crippen molar-refractivity contribution >= 4 is 32.7 Å². The van der Waals surface area contributed by atoms with Gasteiger partial charge in [-0.1, -0.05) is 13.8 Å². The van der Waals surface area contributed by atoms with Gasteiger partial charge in [-0.2, -0.15) is 0 Å². The van der Waals surface area contributed by atoms with Crippen molar-refractivity contribution in [1.82, 2.24) is 9.97 Å². The second kappa shape index (κ2) is 7.18. The lowest BCUT2D eigenvalue weighted by Crippen LogP contribution is -2.29. The minimum Gasteiger partial charge on any atom is -0.396 e. The Balaban J connectivity index is 2.23. The molecule has 0 atom stereocenters. The van der Waals surface area contributed by atoms with Crippen LogP contribution in [0, 0.1) is 5.41 Å². The van der Waals surface area contributed by atoms with Gasteiger partial charge in [-0.05, 0) is 52.7 Å². The van der Waals surface area contributed by atoms with Gasteiger partial charge in [-0.15, -0.1) is 0 Å². The molecule has 0 amide bonds. The summed E-state index contributed by atoms with van der Waals surface area (Å²) in [6.07, 6.45) is 6.48. The van der Waals surface area contributed by atoms with Crippen LogP contribution in [0.3, 0.4) is 0 Å². The third-order valence-electron chi connectivity index (χ3n) is 4.34. The largest absolute Gasteiger partial charge is 0.396 e. The molecule has 21 heavy (non-hydrogen) atoms. The van der Waals surface area contributed by atoms with Crippen LogP contribution in [0.1, 0.15) is 33.1 Å². The van der Waals surface area contributed by atoms with E-state index in [1.165, 1.54) is 0 Å². The lowest BCUT2D eigenvalue weighted by atomic mass is 9.79. The van der Waals surface area contributed by atoms with Crippen molar-refractivity contribution in [1.29, 1.82) is 0 Å². The SMILES string of the molecule is CCC(CC)(CCO)CNc1ccnc2cc(Br)cnc12. The van der Waals surface area contributed by atoms with E-state index in [0.29, 0.717) is 0 Å². The monoisotopic (exact) mass is 351 g/mol. The van der Waals surface area contributed by atoms with Crippen LogP contribution in [-0.2, 0) is 0 Å². The number of hydrogen-bond acceptors (Lipinski definition) is 4. The topological polar surface area (TPSA) is 58.0 Å². The lowest BCUT2D eigenvalue weighted by molar-refractivity contribution is 0.179. The van der Waals surface area contributed by atoms with Gasteiger partial charge in [0.25, 0.3) is 0 Å². The average molecular weight is 352 g/mol. The van der Waals surface area contributed by atoms with Crippen LogP contribution in [0.25, 0.3) is 11.0 Å². The molecule has 0 aliphatic carbocycles. The number of aliphatic hydroxyl groups excluding tert-OH is 1. The molecule has 2 rings (SSSR count). The predicted octanol–water partition coefficient (Wildman–Crippen LogP) is 3.99. The van der Waals surface area contributed by atoms with Crippen molar-refractivity contribution in [2.45, 2.75) is 33.1 Å². The molecule has 0 aromatic carbocycles. The molecule has 2 N–H and O–H groups in total. The summed E-state index contributed by atoms with van der Waals surface area (Å²) in [5, 5.41) is 12.8. The van der Waals surface area contributed by atoms with Gasteiger partial charge >= 0.3 is 0 Å². The summed E-state index contributed by atoms with van der Waals surface area (Å²) < 4.78 is 0.927. The molecular formula is C16H22BrN3O. The number of anilines is 1. The highest BCUT2D eigenvalue weighted by molar-refractivity contribution is 9.10. The third kappa shape index (κ3) is 3.71. The summed E-state index contributed by atoms with van der Waals surface area (Å²) in [5.74, 6) is 0. The molecule has 114 valence electrons. The Kier molecular flexibility index (Phi) is 5.53. The van der Waals surface area contributed by atoms with Gasteiger partial charge in [0.05, 0.1) is 11.2 Å². The molecule has 5 heteroatoms. The zero-order chi connectivity index (χ0) is 15.3. The van der Waals surface area contributed by atoms with Crippen molar-refractivity contribution in [2.24, 2.45) is 5.41 Å². The van der Waals surface area contributed by atoms with Crippen LogP contribution in [0.4, 0.5) is 5.69 Å². The number of aliphatic hydroxyl groups is 1. The first kappa shape index (κ1) is 16.2. The van der Waals surface area contributed by atoms with Crippen LogP contribution in [-0.4, -0.2) is 28.2 Å². The fraction of sp³-hybridized carbons (Fsp3) is 0.500. The van der Waals surface area contributed by atoms with E-state index in [1.54, 1.807) is 12.4 Å². The van der Waals surface area contributed by atoms with E-state index < -0.39 is 0 Å². The number of nitrogens with one attached hydrogen (secondary N) is 1. The molecule has 0 spiro atoms. The first-order valence-electron chi connectivity index (χ1n) is 7.39. The highest BCUT2D eigenvalue weighted by atomic mass is 79.9. The second-order valence-electron chi connectivity index (χ2n) is 5.41. The van der Waals surface area contributed by atoms with Gasteiger partial charge < -0.3 is 10.4 Å². The van der Waals surface area contributed by atoms with E-state index in [0.717, 1.165) is 47.0 Å². The van der Waals surface area contributed by atoms with E-state index in [2.05, 4.69) is 45.1 Å². The van der Waals surface area contributed by atoms with E-state index in [4.69, 9.17) is 0 Å². The number of halogens is 1. The van der Waals surface area contributed by atoms with Gasteiger partial charge in [0.2, 0.25) is 0 Å². The van der Waals surface area contributed by atoms with Crippen LogP contribution in [0.2, 0.25) is 0 Å². The van der Waals surface area contributed by atoms with E-state index in [1.807, 2.05) is 12.1 Å². The van der Waals surface area contributed by atoms with Gasteiger partial charge in [0, 0.05) is 30.0 Å². The Morgan fingerprint density at radius 1 is 1.29 bits per heavy atom. The molecule has 2 aromatic rings. The zero-order valence-electron chi connectivity index (χ0n) is 12.6. The molecule has 0 aliphatic heterocycles. The van der Waals surface area contributed by atoms with Gasteiger partial charge in [0.1, 0.15) is 5.52 Å². The van der Waals surface area contributed by atoms with Gasteiger partial charge in [-0.25, -0.2) is 0 Å². The quantitative estimate of drug-likeness (QED) is 0.791. The molecule has 0 unspecified atom stereocenters. The number of rotatable bonds is 7. The molecule has 2 heterocycles. The minimum atomic E-state index is 0.125. The van der Waals surface area contributed by atoms with Crippen molar-refractivity contribution in [2.75, 3.05) is 18.5 Å². The maximum atomic E-state index is 9.31. The molecule has 0 fully saturated rings. The summed E-state index contributed by atoms with van der Waals surface area (Å²) in [6.45, 7) is 5.42. The van der Waals surface area contributed by atoms with Crippen LogP contribution >= 0.6 is 15.9 Å². The van der Waals surface area contributed by atoms with Crippen LogP contribution < -0.4 is 5.32 Å². The Hall–Kier alpha value is -1.20. The Labute approximate surface area is 134 Å².